The van der Waals surface area contributed by atoms with Gasteiger partial charge < -0.3 is 0 Å². The van der Waals surface area contributed by atoms with Gasteiger partial charge in [0.25, 0.3) is 6.43 Å². The van der Waals surface area contributed by atoms with Gasteiger partial charge in [0, 0.05) is 15.3 Å². The van der Waals surface area contributed by atoms with Crippen LogP contribution in [0.4, 0.5) is 22.0 Å². The molecule has 0 spiro atoms. The summed E-state index contributed by atoms with van der Waals surface area (Å²) in [6.45, 7) is 0. The molecule has 0 aliphatic carbocycles. The number of halogens is 7. The van der Waals surface area contributed by atoms with Crippen LogP contribution in [0.2, 0.25) is 0 Å². The topological polar surface area (TPSA) is 12.9 Å². The summed E-state index contributed by atoms with van der Waals surface area (Å²) in [5, 5.41) is 0. The van der Waals surface area contributed by atoms with Crippen LogP contribution in [0.3, 0.4) is 0 Å². The van der Waals surface area contributed by atoms with Crippen LogP contribution in [0.25, 0.3) is 0 Å². The molecule has 90 valence electrons. The molecule has 1 aromatic heterocycles. The monoisotopic (exact) mass is 371 g/mol. The van der Waals surface area contributed by atoms with Gasteiger partial charge in [0.2, 0.25) is 0 Å². The number of pyridine rings is 1. The van der Waals surface area contributed by atoms with Crippen LogP contribution in [-0.2, 0) is 12.1 Å². The van der Waals surface area contributed by atoms with E-state index in [1.807, 2.05) is 0 Å². The highest BCUT2D eigenvalue weighted by Gasteiger charge is 2.40. The van der Waals surface area contributed by atoms with Gasteiger partial charge >= 0.3 is 6.18 Å². The van der Waals surface area contributed by atoms with E-state index < -0.39 is 35.3 Å². The zero-order valence-electron chi connectivity index (χ0n) is 7.45. The maximum Gasteiger partial charge on any atom is 0.418 e. The summed E-state index contributed by atoms with van der Waals surface area (Å²) in [5.41, 5.74) is -3.06. The smallest absolute Gasteiger partial charge is 0.258 e. The van der Waals surface area contributed by atoms with Gasteiger partial charge in [0.05, 0.1) is 17.1 Å². The maximum atomic E-state index is 12.6. The third kappa shape index (κ3) is 2.73. The zero-order chi connectivity index (χ0) is 12.5. The van der Waals surface area contributed by atoms with E-state index in [9.17, 15) is 22.0 Å². The second-order valence-corrected chi connectivity index (χ2v) is 4.20. The molecule has 0 aliphatic rings. The Morgan fingerprint density at radius 1 is 1.38 bits per heavy atom. The Kier molecular flexibility index (Phi) is 4.33. The summed E-state index contributed by atoms with van der Waals surface area (Å²) in [5.74, 6) is -0.564. The number of hydrogen-bond acceptors (Lipinski definition) is 1. The summed E-state index contributed by atoms with van der Waals surface area (Å²) in [7, 11) is 0. The molecule has 0 fully saturated rings. The highest BCUT2D eigenvalue weighted by molar-refractivity contribution is 14.1. The molecule has 0 amide bonds. The first-order valence-electron chi connectivity index (χ1n) is 3.87. The van der Waals surface area contributed by atoms with Crippen molar-refractivity contribution < 1.29 is 22.0 Å². The van der Waals surface area contributed by atoms with E-state index in [1.54, 1.807) is 0 Å². The lowest BCUT2D eigenvalue weighted by molar-refractivity contribution is -0.140. The largest absolute Gasteiger partial charge is 0.418 e. The fourth-order valence-corrected chi connectivity index (χ4v) is 2.02. The molecule has 0 N–H and O–H groups in total. The van der Waals surface area contributed by atoms with Gasteiger partial charge in [0.1, 0.15) is 0 Å². The summed E-state index contributed by atoms with van der Waals surface area (Å²) in [6, 6.07) is 0. The molecule has 0 atom stereocenters. The zero-order valence-corrected chi connectivity index (χ0v) is 10.4. The highest BCUT2D eigenvalue weighted by atomic mass is 127. The van der Waals surface area contributed by atoms with E-state index in [0.29, 0.717) is 0 Å². The van der Waals surface area contributed by atoms with E-state index in [1.165, 1.54) is 22.6 Å². The van der Waals surface area contributed by atoms with E-state index in [4.69, 9.17) is 11.6 Å². The Morgan fingerprint density at radius 3 is 2.31 bits per heavy atom. The van der Waals surface area contributed by atoms with Crippen LogP contribution < -0.4 is 0 Å². The van der Waals surface area contributed by atoms with Crippen molar-refractivity contribution in [3.05, 3.63) is 26.6 Å². The Morgan fingerprint density at radius 2 is 1.94 bits per heavy atom. The van der Waals surface area contributed by atoms with Crippen LogP contribution in [0.5, 0.6) is 0 Å². The maximum absolute atomic E-state index is 12.6. The van der Waals surface area contributed by atoms with Gasteiger partial charge in [-0.1, -0.05) is 0 Å². The molecule has 0 bridgehead atoms. The summed E-state index contributed by atoms with van der Waals surface area (Å²) < 4.78 is 62.7. The van der Waals surface area contributed by atoms with Crippen molar-refractivity contribution in [2.75, 3.05) is 0 Å². The Labute approximate surface area is 106 Å². The molecule has 16 heavy (non-hydrogen) atoms. The highest BCUT2D eigenvalue weighted by Crippen LogP contribution is 2.40. The minimum atomic E-state index is -4.88. The number of nitrogens with zero attached hydrogens (tertiary/aromatic N) is 1. The Bertz CT molecular complexity index is 393. The van der Waals surface area contributed by atoms with Gasteiger partial charge in [-0.3, -0.25) is 4.98 Å². The summed E-state index contributed by atoms with van der Waals surface area (Å²) >= 11 is 6.65. The SMILES string of the molecule is FC(F)c1c(I)cnc(CCl)c1C(F)(F)F. The van der Waals surface area contributed by atoms with Crippen molar-refractivity contribution in [1.82, 2.24) is 4.98 Å². The third-order valence-corrected chi connectivity index (χ3v) is 2.89. The first kappa shape index (κ1) is 13.9. The molecule has 0 aromatic carbocycles. The van der Waals surface area contributed by atoms with Crippen molar-refractivity contribution >= 4 is 34.2 Å². The van der Waals surface area contributed by atoms with Gasteiger partial charge in [0.15, 0.2) is 0 Å². The van der Waals surface area contributed by atoms with Crippen LogP contribution >= 0.6 is 34.2 Å². The molecule has 1 rings (SSSR count). The van der Waals surface area contributed by atoms with Crippen molar-refractivity contribution in [2.45, 2.75) is 18.5 Å². The molecule has 1 aromatic rings. The molecule has 0 aliphatic heterocycles. The summed E-state index contributed by atoms with van der Waals surface area (Å²) in [4.78, 5) is 3.41. The molecule has 0 unspecified atom stereocenters. The molecule has 8 heteroatoms. The standard InChI is InChI=1S/C8H4ClF5IN/c9-1-4-6(8(12,13)14)5(7(10)11)3(15)2-16-4/h2,7H,1H2. The van der Waals surface area contributed by atoms with Crippen molar-refractivity contribution in [2.24, 2.45) is 0 Å². The number of hydrogen-bond donors (Lipinski definition) is 0. The van der Waals surface area contributed by atoms with E-state index in [-0.39, 0.29) is 3.57 Å². The number of aromatic nitrogens is 1. The lowest BCUT2D eigenvalue weighted by Gasteiger charge is -2.16. The third-order valence-electron chi connectivity index (χ3n) is 1.78. The van der Waals surface area contributed by atoms with Crippen molar-refractivity contribution in [1.29, 1.82) is 0 Å². The van der Waals surface area contributed by atoms with Crippen LogP contribution in [-0.4, -0.2) is 4.98 Å². The lowest BCUT2D eigenvalue weighted by atomic mass is 10.1. The van der Waals surface area contributed by atoms with Gasteiger partial charge in [-0.25, -0.2) is 8.78 Å². The normalized spacial score (nSPS) is 12.2. The molecule has 1 nitrogen and oxygen atoms in total. The van der Waals surface area contributed by atoms with Gasteiger partial charge in [-0.2, -0.15) is 13.2 Å². The average Bonchev–Trinajstić information content (AvgIpc) is 2.15. The molecule has 0 radical (unpaired) electrons. The average molecular weight is 371 g/mol. The van der Waals surface area contributed by atoms with Crippen molar-refractivity contribution in [3.63, 3.8) is 0 Å². The minimum Gasteiger partial charge on any atom is -0.258 e. The van der Waals surface area contributed by atoms with Crippen LogP contribution in [0, 0.1) is 3.57 Å². The fourth-order valence-electron chi connectivity index (χ4n) is 1.17. The predicted molar refractivity (Wildman–Crippen MR) is 56.5 cm³/mol. The lowest BCUT2D eigenvalue weighted by Crippen LogP contribution is -2.15. The Hall–Kier alpha value is -0.180. The quantitative estimate of drug-likeness (QED) is 0.427. The molecular formula is C8H4ClF5IN. The van der Waals surface area contributed by atoms with E-state index in [0.717, 1.165) is 6.20 Å². The van der Waals surface area contributed by atoms with Crippen LogP contribution in [0.15, 0.2) is 6.20 Å². The molecule has 0 saturated carbocycles. The molecular weight excluding hydrogens is 367 g/mol. The minimum absolute atomic E-state index is 0.228. The molecule has 1 heterocycles. The van der Waals surface area contributed by atoms with Crippen LogP contribution in [0.1, 0.15) is 23.2 Å². The van der Waals surface area contributed by atoms with Gasteiger partial charge in [-0.15, -0.1) is 11.6 Å². The number of alkyl halides is 6. The first-order valence-corrected chi connectivity index (χ1v) is 5.49. The second kappa shape index (κ2) is 4.99. The first-order chi connectivity index (χ1) is 7.29. The van der Waals surface area contributed by atoms with E-state index >= 15 is 0 Å². The van der Waals surface area contributed by atoms with E-state index in [2.05, 4.69) is 4.98 Å². The fraction of sp³-hybridized carbons (Fsp3) is 0.375. The predicted octanol–water partition coefficient (Wildman–Crippen LogP) is 4.38. The second-order valence-electron chi connectivity index (χ2n) is 2.77. The van der Waals surface area contributed by atoms with Gasteiger partial charge in [-0.05, 0) is 22.6 Å². The summed E-state index contributed by atoms with van der Waals surface area (Å²) in [6.07, 6.45) is -7.15. The van der Waals surface area contributed by atoms with Crippen molar-refractivity contribution in [3.8, 4) is 0 Å². The number of rotatable bonds is 2. The Balaban J connectivity index is 3.56. The molecule has 0 saturated heterocycles.